The number of phenols is 2. The van der Waals surface area contributed by atoms with Gasteiger partial charge in [-0.1, -0.05) is 40.1 Å². The third kappa shape index (κ3) is 4.62. The lowest BCUT2D eigenvalue weighted by Crippen LogP contribution is -3.00. The van der Waals surface area contributed by atoms with E-state index in [4.69, 9.17) is 9.47 Å². The second-order valence-electron chi connectivity index (χ2n) is 18.7. The molecule has 54 heavy (non-hydrogen) atoms. The highest BCUT2D eigenvalue weighted by Crippen LogP contribution is 2.68. The van der Waals surface area contributed by atoms with Crippen molar-refractivity contribution in [2.75, 3.05) is 33.2 Å². The lowest BCUT2D eigenvalue weighted by molar-refractivity contribution is -0.950. The predicted molar refractivity (Wildman–Crippen MR) is 206 cm³/mol. The number of ether oxygens (including phenoxy) is 2. The molecule has 4 heterocycles. The fourth-order valence-corrected chi connectivity index (χ4v) is 13.5. The van der Waals surface area contributed by atoms with Crippen LogP contribution in [0.3, 0.4) is 0 Å². The molecule has 2 aromatic rings. The molecule has 9 atom stereocenters. The molecule has 0 amide bonds. The number of likely N-dealkylation sites (N-methyl/N-ethyl adjacent to an activating group) is 1. The number of aromatic hydroxyl groups is 2. The maximum absolute atomic E-state index is 12.3. The van der Waals surface area contributed by atoms with Crippen molar-refractivity contribution in [1.82, 2.24) is 4.90 Å². The number of hydrogen-bond donors (Lipinski definition) is 4. The van der Waals surface area contributed by atoms with E-state index in [2.05, 4.69) is 31.2 Å². The molecule has 0 radical (unpaired) electrons. The molecule has 4 aliphatic heterocycles. The zero-order chi connectivity index (χ0) is 34.9. The second-order valence-corrected chi connectivity index (χ2v) is 18.7. The van der Waals surface area contributed by atoms with Crippen LogP contribution in [0.15, 0.2) is 48.6 Å². The number of hydrogen-bond acceptors (Lipinski definition) is 7. The van der Waals surface area contributed by atoms with Gasteiger partial charge in [0.1, 0.15) is 23.9 Å². The number of halogens is 1. The summed E-state index contributed by atoms with van der Waals surface area (Å²) in [5, 5.41) is 45.2. The van der Waals surface area contributed by atoms with Gasteiger partial charge < -0.3 is 58.4 Å². The molecule has 6 aliphatic carbocycles. The summed E-state index contributed by atoms with van der Waals surface area (Å²) in [6, 6.07) is 8.01. The van der Waals surface area contributed by atoms with Crippen LogP contribution in [0.5, 0.6) is 23.0 Å². The highest BCUT2D eigenvalue weighted by atomic mass is 127. The number of phenolic OH excluding ortho intramolecular Hbond substituents is 2. The summed E-state index contributed by atoms with van der Waals surface area (Å²) in [7, 11) is 2.37. The Bertz CT molecular complexity index is 1930. The van der Waals surface area contributed by atoms with Crippen LogP contribution < -0.4 is 33.5 Å². The van der Waals surface area contributed by atoms with E-state index in [0.29, 0.717) is 11.5 Å². The van der Waals surface area contributed by atoms with Gasteiger partial charge in [0.15, 0.2) is 23.0 Å². The van der Waals surface area contributed by atoms with Crippen molar-refractivity contribution in [3.05, 3.63) is 70.8 Å². The molecule has 2 spiro atoms. The molecule has 0 aromatic heterocycles. The lowest BCUT2D eigenvalue weighted by Gasteiger charge is -2.65. The average Bonchev–Trinajstić information content (AvgIpc) is 4.03. The molecule has 10 aliphatic rings. The van der Waals surface area contributed by atoms with E-state index in [9.17, 15) is 20.4 Å². The first-order chi connectivity index (χ1) is 24.4. The first kappa shape index (κ1) is 38.6. The molecule has 4 saturated carbocycles. The van der Waals surface area contributed by atoms with Gasteiger partial charge in [0.05, 0.1) is 36.6 Å². The van der Waals surface area contributed by atoms with Crippen molar-refractivity contribution in [3.63, 3.8) is 0 Å². The number of benzene rings is 2. The standard InChI is InChI=1S/C22H27NO3.C21H25NO3.2CH4.HI/c1-13-7-8-22(25)17-11-15-5-6-16(24)19-18(15)21(22,20(13)26-19)9-10-23(17,2)12-14-3-4-14;1-12-6-7-21(24)16-10-14-4-5-15(23)18-17(14)20(21,19(12)25-18)8-9-22(16)11-13-2-3-13;;;/h5-6,14,17,20,25H,1,3-4,7-12H2,2H3;4-5,13,16,19,23-24H,1-3,6-11H2;2*1H4;1H/t17-,20+,21+,22-,23-;16-,19+,20+,21-;;;/m11.../s1. The van der Waals surface area contributed by atoms with Crippen molar-refractivity contribution < 1.29 is 58.4 Å². The largest absolute Gasteiger partial charge is 1.00 e. The van der Waals surface area contributed by atoms with Gasteiger partial charge in [-0.25, -0.2) is 0 Å². The molecule has 8 nitrogen and oxygen atoms in total. The van der Waals surface area contributed by atoms with Crippen molar-refractivity contribution in [2.24, 2.45) is 11.8 Å². The molecule has 2 saturated heterocycles. The third-order valence-corrected chi connectivity index (χ3v) is 16.1. The smallest absolute Gasteiger partial charge is 0.166 e. The molecule has 6 fully saturated rings. The van der Waals surface area contributed by atoms with E-state index in [0.717, 1.165) is 110 Å². The summed E-state index contributed by atoms with van der Waals surface area (Å²) < 4.78 is 13.6. The maximum atomic E-state index is 12.3. The maximum Gasteiger partial charge on any atom is 0.166 e. The Balaban J connectivity index is 0.000000145. The lowest BCUT2D eigenvalue weighted by atomic mass is 9.48. The Morgan fingerprint density at radius 2 is 1.30 bits per heavy atom. The van der Waals surface area contributed by atoms with Gasteiger partial charge in [-0.05, 0) is 111 Å². The van der Waals surface area contributed by atoms with Crippen LogP contribution in [0.4, 0.5) is 0 Å². The number of nitrogens with zero attached hydrogens (tertiary/aromatic N) is 2. The minimum atomic E-state index is -0.780. The summed E-state index contributed by atoms with van der Waals surface area (Å²) in [5.41, 5.74) is 4.46. The van der Waals surface area contributed by atoms with Gasteiger partial charge in [0.25, 0.3) is 0 Å². The summed E-state index contributed by atoms with van der Waals surface area (Å²) in [6.07, 6.45) is 11.7. The number of rotatable bonds is 4. The Kier molecular flexibility index (Phi) is 8.81. The summed E-state index contributed by atoms with van der Waals surface area (Å²) in [5.74, 6) is 3.30. The Labute approximate surface area is 338 Å². The van der Waals surface area contributed by atoms with Crippen molar-refractivity contribution >= 4 is 0 Å². The predicted octanol–water partition coefficient (Wildman–Crippen LogP) is 3.45. The molecular formula is C45H61IN2O6. The van der Waals surface area contributed by atoms with Gasteiger partial charge in [-0.2, -0.15) is 0 Å². The van der Waals surface area contributed by atoms with Crippen LogP contribution in [0.1, 0.15) is 101 Å². The minimum Gasteiger partial charge on any atom is -1.00 e. The topological polar surface area (TPSA) is 103 Å². The number of piperidine rings is 2. The summed E-state index contributed by atoms with van der Waals surface area (Å²) in [6.45, 7) is 13.0. The van der Waals surface area contributed by atoms with Crippen LogP contribution in [-0.4, -0.2) is 98.5 Å². The first-order valence-corrected chi connectivity index (χ1v) is 19.9. The monoisotopic (exact) mass is 852 g/mol. The van der Waals surface area contributed by atoms with E-state index in [-0.39, 0.29) is 74.6 Å². The second kappa shape index (κ2) is 12.3. The Morgan fingerprint density at radius 1 is 0.759 bits per heavy atom. The van der Waals surface area contributed by atoms with Gasteiger partial charge in [-0.3, -0.25) is 4.90 Å². The average molecular weight is 853 g/mol. The van der Waals surface area contributed by atoms with Crippen molar-refractivity contribution in [3.8, 4) is 23.0 Å². The van der Waals surface area contributed by atoms with E-state index in [1.54, 1.807) is 12.1 Å². The molecule has 0 unspecified atom stereocenters. The van der Waals surface area contributed by atoms with Crippen LogP contribution in [0.25, 0.3) is 0 Å². The molecular weight excluding hydrogens is 791 g/mol. The summed E-state index contributed by atoms with van der Waals surface area (Å²) in [4.78, 5) is 2.56. The van der Waals surface area contributed by atoms with Gasteiger partial charge in [0, 0.05) is 42.5 Å². The van der Waals surface area contributed by atoms with Crippen molar-refractivity contribution in [1.29, 1.82) is 0 Å². The Morgan fingerprint density at radius 3 is 1.87 bits per heavy atom. The highest BCUT2D eigenvalue weighted by molar-refractivity contribution is 5.65. The zero-order valence-electron chi connectivity index (χ0n) is 30.4. The first-order valence-electron chi connectivity index (χ1n) is 19.9. The van der Waals surface area contributed by atoms with E-state index >= 15 is 0 Å². The van der Waals surface area contributed by atoms with E-state index in [1.807, 2.05) is 6.07 Å². The Hall–Kier alpha value is -2.31. The molecule has 2 aromatic carbocycles. The molecule has 294 valence electrons. The highest BCUT2D eigenvalue weighted by Gasteiger charge is 2.76. The molecule has 9 heteroatoms. The number of likely N-dealkylation sites (tertiary alicyclic amines) is 2. The van der Waals surface area contributed by atoms with Crippen LogP contribution in [0.2, 0.25) is 0 Å². The normalized spacial score (nSPS) is 40.9. The van der Waals surface area contributed by atoms with Crippen molar-refractivity contribution in [2.45, 2.75) is 138 Å². The van der Waals surface area contributed by atoms with Gasteiger partial charge in [0.2, 0.25) is 0 Å². The molecule has 4 N–H and O–H groups in total. The number of aliphatic hydroxyl groups is 2. The van der Waals surface area contributed by atoms with Gasteiger partial charge >= 0.3 is 0 Å². The minimum absolute atomic E-state index is 0. The molecule has 4 bridgehead atoms. The quantitative estimate of drug-likeness (QED) is 0.213. The van der Waals surface area contributed by atoms with Crippen LogP contribution in [0, 0.1) is 11.8 Å². The van der Waals surface area contributed by atoms with Gasteiger partial charge in [-0.15, -0.1) is 0 Å². The molecule has 12 rings (SSSR count). The van der Waals surface area contributed by atoms with Crippen LogP contribution in [-0.2, 0) is 23.7 Å². The summed E-state index contributed by atoms with van der Waals surface area (Å²) >= 11 is 0. The van der Waals surface area contributed by atoms with E-state index < -0.39 is 22.0 Å². The number of quaternary nitrogens is 1. The van der Waals surface area contributed by atoms with Crippen LogP contribution >= 0.6 is 0 Å². The fraction of sp³-hybridized carbons (Fsp3) is 0.644. The zero-order valence-corrected chi connectivity index (χ0v) is 32.5. The fourth-order valence-electron chi connectivity index (χ4n) is 13.5. The third-order valence-electron chi connectivity index (χ3n) is 16.1. The SMILES string of the molecule is C.C.C=C1CC[C@@]2(O)[C@H]3Cc4ccc(O)c5c4[C@@]2(CCN3CC2CC2)[C@H]1O5.C=C1CC[C@@]2(O)[C@H]3Cc4ccc(O)c5c4[C@@]2(CC[N@+]3(C)CC2CC2)[C@H]1O5.[I-]. The van der Waals surface area contributed by atoms with E-state index in [1.165, 1.54) is 43.4 Å².